The SMILES string of the molecule is Cc1ccc(C(=O)O)c(S(=O)(=O)C(F)(F)F)n1. The zero-order valence-electron chi connectivity index (χ0n) is 8.32. The standard InChI is InChI=1S/C8H6F3NO4S/c1-4-2-3-5(7(13)14)6(12-4)17(15,16)8(9,10)11/h2-3H,1H3,(H,13,14). The Morgan fingerprint density at radius 2 is 1.88 bits per heavy atom. The molecule has 1 aromatic heterocycles. The number of sulfone groups is 1. The highest BCUT2D eigenvalue weighted by atomic mass is 32.2. The van der Waals surface area contributed by atoms with E-state index in [0.717, 1.165) is 12.1 Å². The Morgan fingerprint density at radius 3 is 2.29 bits per heavy atom. The Hall–Kier alpha value is -1.64. The summed E-state index contributed by atoms with van der Waals surface area (Å²) in [6.07, 6.45) is 0. The molecule has 0 radical (unpaired) electrons. The van der Waals surface area contributed by atoms with Crippen molar-refractivity contribution in [2.24, 2.45) is 0 Å². The van der Waals surface area contributed by atoms with Crippen molar-refractivity contribution >= 4 is 15.8 Å². The number of aromatic carboxylic acids is 1. The lowest BCUT2D eigenvalue weighted by molar-refractivity contribution is -0.0438. The molecule has 0 amide bonds. The van der Waals surface area contributed by atoms with Gasteiger partial charge in [0.25, 0.3) is 9.84 Å². The van der Waals surface area contributed by atoms with Crippen molar-refractivity contribution in [2.45, 2.75) is 17.5 Å². The van der Waals surface area contributed by atoms with Gasteiger partial charge in [-0.15, -0.1) is 0 Å². The fraction of sp³-hybridized carbons (Fsp3) is 0.250. The number of pyridine rings is 1. The molecule has 94 valence electrons. The number of carboxylic acid groups (broad SMARTS) is 1. The maximum atomic E-state index is 12.3. The van der Waals surface area contributed by atoms with E-state index in [9.17, 15) is 26.4 Å². The Bertz CT molecular complexity index is 565. The van der Waals surface area contributed by atoms with Gasteiger partial charge in [0.05, 0.1) is 5.56 Å². The smallest absolute Gasteiger partial charge is 0.478 e. The van der Waals surface area contributed by atoms with Crippen molar-refractivity contribution in [1.82, 2.24) is 4.98 Å². The first-order chi connectivity index (χ1) is 7.57. The van der Waals surface area contributed by atoms with Crippen LogP contribution < -0.4 is 0 Å². The van der Waals surface area contributed by atoms with E-state index in [1.54, 1.807) is 0 Å². The average Bonchev–Trinajstić information content (AvgIpc) is 2.15. The second-order valence-electron chi connectivity index (χ2n) is 3.06. The minimum absolute atomic E-state index is 0.0298. The number of carbonyl (C=O) groups is 1. The second-order valence-corrected chi connectivity index (χ2v) is 4.92. The Labute approximate surface area is 93.8 Å². The van der Waals surface area contributed by atoms with Crippen LogP contribution in [-0.4, -0.2) is 30.0 Å². The van der Waals surface area contributed by atoms with E-state index in [-0.39, 0.29) is 5.69 Å². The Morgan fingerprint density at radius 1 is 1.35 bits per heavy atom. The maximum Gasteiger partial charge on any atom is 0.503 e. The van der Waals surface area contributed by atoms with Crippen LogP contribution in [-0.2, 0) is 9.84 Å². The van der Waals surface area contributed by atoms with Crippen LogP contribution in [0.15, 0.2) is 17.2 Å². The number of alkyl halides is 3. The summed E-state index contributed by atoms with van der Waals surface area (Å²) in [6, 6.07) is 1.88. The van der Waals surface area contributed by atoms with E-state index in [1.807, 2.05) is 0 Å². The third-order valence-corrected chi connectivity index (χ3v) is 3.22. The highest BCUT2D eigenvalue weighted by Crippen LogP contribution is 2.31. The third kappa shape index (κ3) is 2.38. The lowest BCUT2D eigenvalue weighted by atomic mass is 10.2. The summed E-state index contributed by atoms with van der Waals surface area (Å²) in [7, 11) is -5.77. The van der Waals surface area contributed by atoms with Gasteiger partial charge >= 0.3 is 11.5 Å². The summed E-state index contributed by atoms with van der Waals surface area (Å²) in [6.45, 7) is 1.25. The highest BCUT2D eigenvalue weighted by molar-refractivity contribution is 7.92. The van der Waals surface area contributed by atoms with Crippen molar-refractivity contribution in [3.05, 3.63) is 23.4 Å². The molecule has 1 aromatic rings. The van der Waals surface area contributed by atoms with Crippen LogP contribution in [0, 0.1) is 6.92 Å². The molecule has 0 unspecified atom stereocenters. The molecule has 0 aliphatic heterocycles. The van der Waals surface area contributed by atoms with E-state index in [4.69, 9.17) is 5.11 Å². The molecule has 0 bridgehead atoms. The van der Waals surface area contributed by atoms with Crippen LogP contribution in [0.3, 0.4) is 0 Å². The molecule has 0 atom stereocenters. The van der Waals surface area contributed by atoms with Crippen LogP contribution in [0.5, 0.6) is 0 Å². The van der Waals surface area contributed by atoms with Crippen molar-refractivity contribution in [3.8, 4) is 0 Å². The van der Waals surface area contributed by atoms with Crippen molar-refractivity contribution < 1.29 is 31.5 Å². The van der Waals surface area contributed by atoms with E-state index in [1.165, 1.54) is 6.92 Å². The topological polar surface area (TPSA) is 84.3 Å². The summed E-state index contributed by atoms with van der Waals surface area (Å²) in [4.78, 5) is 13.8. The molecule has 0 aliphatic rings. The number of nitrogens with zero attached hydrogens (tertiary/aromatic N) is 1. The monoisotopic (exact) mass is 269 g/mol. The molecule has 0 aliphatic carbocycles. The quantitative estimate of drug-likeness (QED) is 0.876. The van der Waals surface area contributed by atoms with Gasteiger partial charge in [-0.25, -0.2) is 18.2 Å². The molecule has 0 saturated heterocycles. The summed E-state index contributed by atoms with van der Waals surface area (Å²) in [5, 5.41) is 7.13. The van der Waals surface area contributed by atoms with Crippen molar-refractivity contribution in [1.29, 1.82) is 0 Å². The lowest BCUT2D eigenvalue weighted by Crippen LogP contribution is -2.26. The van der Waals surface area contributed by atoms with Crippen molar-refractivity contribution in [2.75, 3.05) is 0 Å². The van der Waals surface area contributed by atoms with E-state index in [2.05, 4.69) is 4.98 Å². The van der Waals surface area contributed by atoms with Crippen LogP contribution >= 0.6 is 0 Å². The lowest BCUT2D eigenvalue weighted by Gasteiger charge is -2.10. The van der Waals surface area contributed by atoms with E-state index < -0.39 is 31.9 Å². The molecular formula is C8H6F3NO4S. The van der Waals surface area contributed by atoms with Gasteiger partial charge in [0, 0.05) is 5.69 Å². The minimum atomic E-state index is -5.77. The molecule has 0 aromatic carbocycles. The fourth-order valence-corrected chi connectivity index (χ4v) is 1.94. The first-order valence-corrected chi connectivity index (χ1v) is 5.58. The van der Waals surface area contributed by atoms with Crippen LogP contribution in [0.25, 0.3) is 0 Å². The number of aryl methyl sites for hydroxylation is 1. The number of carboxylic acids is 1. The normalized spacial score (nSPS) is 12.5. The Kier molecular flexibility index (Phi) is 3.15. The van der Waals surface area contributed by atoms with Crippen molar-refractivity contribution in [3.63, 3.8) is 0 Å². The largest absolute Gasteiger partial charge is 0.503 e. The van der Waals surface area contributed by atoms with Gasteiger partial charge in [0.1, 0.15) is 0 Å². The molecule has 0 spiro atoms. The van der Waals surface area contributed by atoms with Gasteiger partial charge in [-0.1, -0.05) is 0 Å². The molecule has 0 saturated carbocycles. The van der Waals surface area contributed by atoms with Gasteiger partial charge < -0.3 is 5.11 Å². The van der Waals surface area contributed by atoms with Crippen LogP contribution in [0.1, 0.15) is 16.1 Å². The summed E-state index contributed by atoms with van der Waals surface area (Å²) in [5.41, 5.74) is -6.62. The summed E-state index contributed by atoms with van der Waals surface area (Å²) < 4.78 is 59.0. The molecule has 0 fully saturated rings. The first kappa shape index (κ1) is 13.4. The van der Waals surface area contributed by atoms with Gasteiger partial charge in [0.2, 0.25) is 0 Å². The molecule has 9 heteroatoms. The molecule has 1 rings (SSSR count). The fourth-order valence-electron chi connectivity index (χ4n) is 1.01. The predicted molar refractivity (Wildman–Crippen MR) is 49.2 cm³/mol. The highest BCUT2D eigenvalue weighted by Gasteiger charge is 2.49. The number of aromatic nitrogens is 1. The first-order valence-electron chi connectivity index (χ1n) is 4.09. The van der Waals surface area contributed by atoms with Crippen LogP contribution in [0.4, 0.5) is 13.2 Å². The van der Waals surface area contributed by atoms with Gasteiger partial charge in [-0.2, -0.15) is 13.2 Å². The number of hydrogen-bond acceptors (Lipinski definition) is 4. The van der Waals surface area contributed by atoms with E-state index in [0.29, 0.717) is 0 Å². The van der Waals surface area contributed by atoms with Gasteiger partial charge in [-0.3, -0.25) is 0 Å². The van der Waals surface area contributed by atoms with Crippen LogP contribution in [0.2, 0.25) is 0 Å². The zero-order valence-corrected chi connectivity index (χ0v) is 9.13. The average molecular weight is 269 g/mol. The molecule has 1 N–H and O–H groups in total. The number of rotatable bonds is 2. The Balaban J connectivity index is 3.61. The number of halogens is 3. The predicted octanol–water partition coefficient (Wildman–Crippen LogP) is 1.38. The zero-order chi connectivity index (χ0) is 13.4. The summed E-state index contributed by atoms with van der Waals surface area (Å²) in [5.74, 6) is -1.79. The molecule has 1 heterocycles. The van der Waals surface area contributed by atoms with E-state index >= 15 is 0 Å². The molecule has 5 nitrogen and oxygen atoms in total. The van der Waals surface area contributed by atoms with Gasteiger partial charge in [0.15, 0.2) is 5.03 Å². The maximum absolute atomic E-state index is 12.3. The van der Waals surface area contributed by atoms with Gasteiger partial charge in [-0.05, 0) is 19.1 Å². The minimum Gasteiger partial charge on any atom is -0.478 e. The third-order valence-electron chi connectivity index (χ3n) is 1.79. The molecule has 17 heavy (non-hydrogen) atoms. The number of hydrogen-bond donors (Lipinski definition) is 1. The second kappa shape index (κ2) is 3.99. The molecular weight excluding hydrogens is 263 g/mol. The summed E-state index contributed by atoms with van der Waals surface area (Å²) >= 11 is 0.